The predicted octanol–water partition coefficient (Wildman–Crippen LogP) is 5.31. The second kappa shape index (κ2) is 8.67. The van der Waals surface area contributed by atoms with Gasteiger partial charge in [0, 0.05) is 16.8 Å². The van der Waals surface area contributed by atoms with E-state index in [1.54, 1.807) is 25.1 Å². The standard InChI is InChI=1S/C25H23FN4OS/c1-16-23(32-25(28-16)18-10-5-6-11-20(18)26)24(31)29-21-12-7-13-22-19(21)14-27-30(22)15-17-8-3-2-4-9-17/h2-6,8-11,14,21H,7,12-13,15H2,1H3,(H,29,31). The first-order valence-electron chi connectivity index (χ1n) is 10.7. The molecule has 1 unspecified atom stereocenters. The third-order valence-corrected chi connectivity index (χ3v) is 7.04. The first kappa shape index (κ1) is 20.6. The van der Waals surface area contributed by atoms with Crippen LogP contribution in [0.1, 0.15) is 51.1 Å². The van der Waals surface area contributed by atoms with Gasteiger partial charge in [0.2, 0.25) is 0 Å². The van der Waals surface area contributed by atoms with E-state index in [1.807, 2.05) is 29.1 Å². The molecule has 4 aromatic rings. The SMILES string of the molecule is Cc1nc(-c2ccccc2F)sc1C(=O)NC1CCCc2c1cnn2Cc1ccccc1. The Morgan fingerprint density at radius 1 is 1.19 bits per heavy atom. The van der Waals surface area contributed by atoms with Crippen molar-refractivity contribution < 1.29 is 9.18 Å². The third kappa shape index (κ3) is 3.96. The number of hydrogen-bond acceptors (Lipinski definition) is 4. The quantitative estimate of drug-likeness (QED) is 0.452. The topological polar surface area (TPSA) is 59.8 Å². The van der Waals surface area contributed by atoms with Crippen molar-refractivity contribution in [3.8, 4) is 10.6 Å². The zero-order chi connectivity index (χ0) is 22.1. The van der Waals surface area contributed by atoms with Crippen LogP contribution >= 0.6 is 11.3 Å². The van der Waals surface area contributed by atoms with E-state index in [9.17, 15) is 9.18 Å². The van der Waals surface area contributed by atoms with E-state index in [0.29, 0.717) is 21.1 Å². The van der Waals surface area contributed by atoms with E-state index in [0.717, 1.165) is 31.4 Å². The van der Waals surface area contributed by atoms with E-state index >= 15 is 0 Å². The summed E-state index contributed by atoms with van der Waals surface area (Å²) in [6, 6.07) is 16.7. The Kier molecular flexibility index (Phi) is 5.57. The number of aromatic nitrogens is 3. The molecule has 2 aromatic heterocycles. The first-order valence-corrected chi connectivity index (χ1v) is 11.5. The maximum absolute atomic E-state index is 14.2. The van der Waals surface area contributed by atoms with Gasteiger partial charge in [0.15, 0.2) is 0 Å². The molecule has 0 aliphatic heterocycles. The molecule has 0 bridgehead atoms. The lowest BCUT2D eigenvalue weighted by molar-refractivity contribution is 0.0936. The van der Waals surface area contributed by atoms with Crippen LogP contribution in [0, 0.1) is 12.7 Å². The Bertz CT molecular complexity index is 1260. The maximum atomic E-state index is 14.2. The van der Waals surface area contributed by atoms with Gasteiger partial charge in [-0.15, -0.1) is 11.3 Å². The zero-order valence-corrected chi connectivity index (χ0v) is 18.5. The van der Waals surface area contributed by atoms with Gasteiger partial charge in [-0.3, -0.25) is 9.48 Å². The van der Waals surface area contributed by atoms with Crippen molar-refractivity contribution in [1.82, 2.24) is 20.1 Å². The summed E-state index contributed by atoms with van der Waals surface area (Å²) in [5, 5.41) is 8.30. The van der Waals surface area contributed by atoms with Crippen molar-refractivity contribution in [3.63, 3.8) is 0 Å². The number of carbonyl (C=O) groups excluding carboxylic acids is 1. The molecule has 0 fully saturated rings. The zero-order valence-electron chi connectivity index (χ0n) is 17.7. The molecule has 0 radical (unpaired) electrons. The van der Waals surface area contributed by atoms with E-state index in [4.69, 9.17) is 0 Å². The van der Waals surface area contributed by atoms with E-state index in [-0.39, 0.29) is 17.8 Å². The van der Waals surface area contributed by atoms with Crippen LogP contribution in [0.15, 0.2) is 60.8 Å². The summed E-state index contributed by atoms with van der Waals surface area (Å²) in [5.41, 5.74) is 4.49. The van der Waals surface area contributed by atoms with Gasteiger partial charge in [0.05, 0.1) is 24.5 Å². The van der Waals surface area contributed by atoms with Crippen LogP contribution in [0.4, 0.5) is 4.39 Å². The van der Waals surface area contributed by atoms with Gasteiger partial charge in [-0.25, -0.2) is 9.37 Å². The predicted molar refractivity (Wildman–Crippen MR) is 123 cm³/mol. The molecule has 1 atom stereocenters. The fourth-order valence-corrected chi connectivity index (χ4v) is 5.24. The summed E-state index contributed by atoms with van der Waals surface area (Å²) >= 11 is 1.23. The number of fused-ring (bicyclic) bond motifs is 1. The van der Waals surface area contributed by atoms with Crippen LogP contribution in [0.3, 0.4) is 0 Å². The highest BCUT2D eigenvalue weighted by atomic mass is 32.1. The smallest absolute Gasteiger partial charge is 0.263 e. The molecule has 1 amide bonds. The summed E-state index contributed by atoms with van der Waals surface area (Å²) < 4.78 is 16.2. The van der Waals surface area contributed by atoms with E-state index in [1.165, 1.54) is 28.7 Å². The summed E-state index contributed by atoms with van der Waals surface area (Å²) in [5.74, 6) is -0.507. The normalized spacial score (nSPS) is 15.4. The highest BCUT2D eigenvalue weighted by Gasteiger charge is 2.27. The second-order valence-electron chi connectivity index (χ2n) is 8.02. The molecule has 2 aromatic carbocycles. The summed E-state index contributed by atoms with van der Waals surface area (Å²) in [6.07, 6.45) is 4.69. The van der Waals surface area contributed by atoms with Gasteiger partial charge in [0.25, 0.3) is 5.91 Å². The van der Waals surface area contributed by atoms with Crippen LogP contribution in [-0.4, -0.2) is 20.7 Å². The fourth-order valence-electron chi connectivity index (χ4n) is 4.24. The van der Waals surface area contributed by atoms with Crippen LogP contribution in [-0.2, 0) is 13.0 Å². The van der Waals surface area contributed by atoms with Crippen LogP contribution in [0.25, 0.3) is 10.6 Å². The summed E-state index contributed by atoms with van der Waals surface area (Å²) in [6.45, 7) is 2.51. The Morgan fingerprint density at radius 2 is 1.97 bits per heavy atom. The molecule has 32 heavy (non-hydrogen) atoms. The van der Waals surface area contributed by atoms with Gasteiger partial charge < -0.3 is 5.32 Å². The Hall–Kier alpha value is -3.32. The molecule has 0 spiro atoms. The molecule has 1 aliphatic rings. The number of nitrogens with zero attached hydrogens (tertiary/aromatic N) is 3. The molecule has 7 heteroatoms. The molecule has 1 N–H and O–H groups in total. The number of benzene rings is 2. The van der Waals surface area contributed by atoms with Gasteiger partial charge in [-0.05, 0) is 43.9 Å². The van der Waals surface area contributed by atoms with Crippen molar-refractivity contribution in [3.05, 3.63) is 94.0 Å². The maximum Gasteiger partial charge on any atom is 0.263 e. The molecule has 0 saturated heterocycles. The van der Waals surface area contributed by atoms with Crippen molar-refractivity contribution in [2.24, 2.45) is 0 Å². The highest BCUT2D eigenvalue weighted by Crippen LogP contribution is 2.33. The molecule has 5 nitrogen and oxygen atoms in total. The lowest BCUT2D eigenvalue weighted by atomic mass is 9.93. The lowest BCUT2D eigenvalue weighted by Crippen LogP contribution is -2.31. The first-order chi connectivity index (χ1) is 15.6. The minimum atomic E-state index is -0.337. The van der Waals surface area contributed by atoms with E-state index in [2.05, 4.69) is 27.5 Å². The average Bonchev–Trinajstić information content (AvgIpc) is 3.39. The van der Waals surface area contributed by atoms with Crippen molar-refractivity contribution in [1.29, 1.82) is 0 Å². The molecule has 1 aliphatic carbocycles. The number of nitrogens with one attached hydrogen (secondary N) is 1. The summed E-state index contributed by atoms with van der Waals surface area (Å²) in [4.78, 5) is 18.1. The Balaban J connectivity index is 1.36. The monoisotopic (exact) mass is 446 g/mol. The minimum absolute atomic E-state index is 0.0887. The lowest BCUT2D eigenvalue weighted by Gasteiger charge is -2.24. The number of halogens is 1. The minimum Gasteiger partial charge on any atom is -0.344 e. The van der Waals surface area contributed by atoms with E-state index < -0.39 is 0 Å². The largest absolute Gasteiger partial charge is 0.344 e. The molecular weight excluding hydrogens is 423 g/mol. The molecular formula is C25H23FN4OS. The third-order valence-electron chi connectivity index (χ3n) is 5.85. The molecule has 0 saturated carbocycles. The fraction of sp³-hybridized carbons (Fsp3) is 0.240. The molecule has 162 valence electrons. The van der Waals surface area contributed by atoms with Crippen LogP contribution in [0.5, 0.6) is 0 Å². The number of rotatable bonds is 5. The van der Waals surface area contributed by atoms with Gasteiger partial charge >= 0.3 is 0 Å². The van der Waals surface area contributed by atoms with Gasteiger partial charge in [-0.1, -0.05) is 42.5 Å². The van der Waals surface area contributed by atoms with Crippen molar-refractivity contribution in [2.45, 2.75) is 38.8 Å². The number of amides is 1. The van der Waals surface area contributed by atoms with Crippen LogP contribution < -0.4 is 5.32 Å². The van der Waals surface area contributed by atoms with Gasteiger partial charge in [0.1, 0.15) is 15.7 Å². The van der Waals surface area contributed by atoms with Gasteiger partial charge in [-0.2, -0.15) is 5.10 Å². The number of aryl methyl sites for hydroxylation is 1. The van der Waals surface area contributed by atoms with Crippen molar-refractivity contribution >= 4 is 17.2 Å². The second-order valence-corrected chi connectivity index (χ2v) is 9.02. The Morgan fingerprint density at radius 3 is 2.78 bits per heavy atom. The number of thiazole rings is 1. The molecule has 2 heterocycles. The van der Waals surface area contributed by atoms with Crippen LogP contribution in [0.2, 0.25) is 0 Å². The summed E-state index contributed by atoms with van der Waals surface area (Å²) in [7, 11) is 0. The number of carbonyl (C=O) groups is 1. The molecule has 5 rings (SSSR count). The number of hydrogen-bond donors (Lipinski definition) is 1. The van der Waals surface area contributed by atoms with Crippen molar-refractivity contribution in [2.75, 3.05) is 0 Å². The Labute approximate surface area is 189 Å². The highest BCUT2D eigenvalue weighted by molar-refractivity contribution is 7.17. The average molecular weight is 447 g/mol.